The standard InChI is InChI=1S/C26H24N2O4/c1-16-19(7-5-11-27-16)20-10-9-17(22-8-6-12-28-22)13-21(20)25(29)18-14-23(30-2)26(32-4)24(15-18)31-3/h5-15,28H,1-4H3. The van der Waals surface area contributed by atoms with Crippen LogP contribution in [0, 0.1) is 6.92 Å². The number of aryl methyl sites for hydroxylation is 1. The van der Waals surface area contributed by atoms with Gasteiger partial charge >= 0.3 is 0 Å². The van der Waals surface area contributed by atoms with E-state index in [2.05, 4.69) is 9.97 Å². The number of benzene rings is 2. The quantitative estimate of drug-likeness (QED) is 0.404. The number of pyridine rings is 1. The van der Waals surface area contributed by atoms with Crippen LogP contribution in [-0.2, 0) is 0 Å². The normalized spacial score (nSPS) is 10.6. The van der Waals surface area contributed by atoms with Gasteiger partial charge in [-0.1, -0.05) is 18.2 Å². The van der Waals surface area contributed by atoms with Crippen molar-refractivity contribution in [2.24, 2.45) is 0 Å². The number of carbonyl (C=O) groups is 1. The van der Waals surface area contributed by atoms with E-state index in [0.29, 0.717) is 28.4 Å². The molecule has 0 unspecified atom stereocenters. The highest BCUT2D eigenvalue weighted by atomic mass is 16.5. The van der Waals surface area contributed by atoms with E-state index in [0.717, 1.165) is 28.1 Å². The predicted octanol–water partition coefficient (Wildman–Crippen LogP) is 5.31. The molecule has 4 aromatic rings. The predicted molar refractivity (Wildman–Crippen MR) is 124 cm³/mol. The summed E-state index contributed by atoms with van der Waals surface area (Å²) in [7, 11) is 4.59. The van der Waals surface area contributed by atoms with Crippen LogP contribution in [0.1, 0.15) is 21.6 Å². The zero-order valence-electron chi connectivity index (χ0n) is 18.4. The molecule has 6 nitrogen and oxygen atoms in total. The number of ether oxygens (including phenoxy) is 3. The highest BCUT2D eigenvalue weighted by molar-refractivity contribution is 6.14. The first-order valence-corrected chi connectivity index (χ1v) is 10.1. The molecule has 0 spiro atoms. The molecule has 0 atom stereocenters. The molecule has 0 bridgehead atoms. The summed E-state index contributed by atoms with van der Waals surface area (Å²) in [6.07, 6.45) is 3.60. The minimum absolute atomic E-state index is 0.157. The molecule has 162 valence electrons. The van der Waals surface area contributed by atoms with Crippen molar-refractivity contribution in [3.8, 4) is 39.6 Å². The van der Waals surface area contributed by atoms with Crippen LogP contribution in [0.2, 0.25) is 0 Å². The molecule has 4 rings (SSSR count). The Kier molecular flexibility index (Phi) is 5.94. The van der Waals surface area contributed by atoms with E-state index < -0.39 is 0 Å². The van der Waals surface area contributed by atoms with Gasteiger partial charge in [0.15, 0.2) is 17.3 Å². The lowest BCUT2D eigenvalue weighted by molar-refractivity contribution is 0.103. The monoisotopic (exact) mass is 428 g/mol. The van der Waals surface area contributed by atoms with E-state index >= 15 is 0 Å². The van der Waals surface area contributed by atoms with Crippen LogP contribution < -0.4 is 14.2 Å². The van der Waals surface area contributed by atoms with Crippen molar-refractivity contribution in [1.29, 1.82) is 0 Å². The molecule has 0 amide bonds. The number of nitrogens with zero attached hydrogens (tertiary/aromatic N) is 1. The van der Waals surface area contributed by atoms with Gasteiger partial charge in [0.05, 0.1) is 21.3 Å². The Morgan fingerprint density at radius 3 is 2.22 bits per heavy atom. The summed E-state index contributed by atoms with van der Waals surface area (Å²) in [5.41, 5.74) is 5.40. The third-order valence-corrected chi connectivity index (χ3v) is 5.40. The van der Waals surface area contributed by atoms with Crippen molar-refractivity contribution in [2.45, 2.75) is 6.92 Å². The number of nitrogens with one attached hydrogen (secondary N) is 1. The Labute approximate surface area is 186 Å². The van der Waals surface area contributed by atoms with Crippen molar-refractivity contribution in [1.82, 2.24) is 9.97 Å². The minimum atomic E-state index is -0.157. The molecule has 0 saturated heterocycles. The number of H-pyrrole nitrogens is 1. The number of aromatic nitrogens is 2. The third-order valence-electron chi connectivity index (χ3n) is 5.40. The Hall–Kier alpha value is -4.06. The molecule has 0 aliphatic heterocycles. The molecule has 0 saturated carbocycles. The Balaban J connectivity index is 1.92. The topological polar surface area (TPSA) is 73.4 Å². The first-order chi connectivity index (χ1) is 15.6. The first-order valence-electron chi connectivity index (χ1n) is 10.1. The van der Waals surface area contributed by atoms with Crippen molar-refractivity contribution in [3.05, 3.63) is 83.8 Å². The largest absolute Gasteiger partial charge is 0.493 e. The maximum atomic E-state index is 13.8. The fourth-order valence-electron chi connectivity index (χ4n) is 3.78. The number of carbonyl (C=O) groups excluding carboxylic acids is 1. The van der Waals surface area contributed by atoms with Gasteiger partial charge in [-0.25, -0.2) is 0 Å². The number of methoxy groups -OCH3 is 3. The van der Waals surface area contributed by atoms with Gasteiger partial charge in [0, 0.05) is 40.5 Å². The Morgan fingerprint density at radius 1 is 0.875 bits per heavy atom. The lowest BCUT2D eigenvalue weighted by atomic mass is 9.91. The number of rotatable bonds is 7. The van der Waals surface area contributed by atoms with Crippen LogP contribution in [0.25, 0.3) is 22.4 Å². The summed E-state index contributed by atoms with van der Waals surface area (Å²) in [5.74, 6) is 1.13. The molecule has 0 radical (unpaired) electrons. The van der Waals surface area contributed by atoms with Crippen LogP contribution in [0.4, 0.5) is 0 Å². The number of aromatic amines is 1. The number of hydrogen-bond acceptors (Lipinski definition) is 5. The average Bonchev–Trinajstić information content (AvgIpc) is 3.37. The van der Waals surface area contributed by atoms with Crippen molar-refractivity contribution in [3.63, 3.8) is 0 Å². The summed E-state index contributed by atoms with van der Waals surface area (Å²) < 4.78 is 16.3. The third kappa shape index (κ3) is 3.83. The highest BCUT2D eigenvalue weighted by Gasteiger charge is 2.22. The highest BCUT2D eigenvalue weighted by Crippen LogP contribution is 2.40. The zero-order chi connectivity index (χ0) is 22.7. The van der Waals surface area contributed by atoms with Crippen LogP contribution in [0.3, 0.4) is 0 Å². The molecular formula is C26H24N2O4. The van der Waals surface area contributed by atoms with Gasteiger partial charge in [0.25, 0.3) is 0 Å². The molecule has 2 heterocycles. The van der Waals surface area contributed by atoms with E-state index in [4.69, 9.17) is 14.2 Å². The van der Waals surface area contributed by atoms with Crippen molar-refractivity contribution in [2.75, 3.05) is 21.3 Å². The molecule has 0 fully saturated rings. The maximum Gasteiger partial charge on any atom is 0.203 e. The molecule has 32 heavy (non-hydrogen) atoms. The molecule has 2 aromatic carbocycles. The van der Waals surface area contributed by atoms with Crippen LogP contribution in [0.15, 0.2) is 67.0 Å². The van der Waals surface area contributed by atoms with Crippen molar-refractivity contribution >= 4 is 5.78 Å². The Bertz CT molecular complexity index is 1240. The molecular weight excluding hydrogens is 404 g/mol. The van der Waals surface area contributed by atoms with Gasteiger partial charge in [-0.15, -0.1) is 0 Å². The fraction of sp³-hybridized carbons (Fsp3) is 0.154. The summed E-state index contributed by atoms with van der Waals surface area (Å²) in [4.78, 5) is 21.4. The molecule has 1 N–H and O–H groups in total. The second-order valence-corrected chi connectivity index (χ2v) is 7.22. The SMILES string of the molecule is COc1cc(C(=O)c2cc(-c3ccc[nH]3)ccc2-c2cccnc2C)cc(OC)c1OC. The van der Waals surface area contributed by atoms with Crippen LogP contribution >= 0.6 is 0 Å². The van der Waals surface area contributed by atoms with Gasteiger partial charge in [-0.05, 0) is 54.4 Å². The van der Waals surface area contributed by atoms with E-state index in [1.54, 1.807) is 18.3 Å². The lowest BCUT2D eigenvalue weighted by Gasteiger charge is -2.16. The lowest BCUT2D eigenvalue weighted by Crippen LogP contribution is -2.07. The van der Waals surface area contributed by atoms with E-state index in [9.17, 15) is 4.79 Å². The average molecular weight is 428 g/mol. The van der Waals surface area contributed by atoms with Gasteiger partial charge in [-0.3, -0.25) is 9.78 Å². The summed E-state index contributed by atoms with van der Waals surface area (Å²) in [5, 5.41) is 0. The minimum Gasteiger partial charge on any atom is -0.493 e. The van der Waals surface area contributed by atoms with E-state index in [1.807, 2.05) is 55.6 Å². The second kappa shape index (κ2) is 8.98. The fourth-order valence-corrected chi connectivity index (χ4v) is 3.78. The smallest absolute Gasteiger partial charge is 0.203 e. The van der Waals surface area contributed by atoms with Gasteiger partial charge in [0.2, 0.25) is 5.75 Å². The van der Waals surface area contributed by atoms with Gasteiger partial charge in [-0.2, -0.15) is 0 Å². The first kappa shape index (κ1) is 21.2. The number of hydrogen-bond donors (Lipinski definition) is 1. The van der Waals surface area contributed by atoms with Crippen LogP contribution in [-0.4, -0.2) is 37.1 Å². The summed E-state index contributed by atoms with van der Waals surface area (Å²) in [6, 6.07) is 16.9. The maximum absolute atomic E-state index is 13.8. The van der Waals surface area contributed by atoms with E-state index in [-0.39, 0.29) is 5.78 Å². The molecule has 0 aliphatic carbocycles. The van der Waals surface area contributed by atoms with Gasteiger partial charge in [0.1, 0.15) is 0 Å². The molecule has 0 aliphatic rings. The Morgan fingerprint density at radius 2 is 1.62 bits per heavy atom. The van der Waals surface area contributed by atoms with Gasteiger partial charge < -0.3 is 19.2 Å². The molecule has 2 aromatic heterocycles. The summed E-state index contributed by atoms with van der Waals surface area (Å²) in [6.45, 7) is 1.93. The molecule has 6 heteroatoms. The van der Waals surface area contributed by atoms with Crippen LogP contribution in [0.5, 0.6) is 17.2 Å². The number of ketones is 1. The van der Waals surface area contributed by atoms with E-state index in [1.165, 1.54) is 21.3 Å². The summed E-state index contributed by atoms with van der Waals surface area (Å²) >= 11 is 0. The second-order valence-electron chi connectivity index (χ2n) is 7.22. The zero-order valence-corrected chi connectivity index (χ0v) is 18.4. The van der Waals surface area contributed by atoms with Crippen molar-refractivity contribution < 1.29 is 19.0 Å².